The van der Waals surface area contributed by atoms with E-state index in [-0.39, 0.29) is 12.4 Å². The predicted molar refractivity (Wildman–Crippen MR) is 69.1 cm³/mol. The van der Waals surface area contributed by atoms with Crippen molar-refractivity contribution in [1.82, 2.24) is 0 Å². The van der Waals surface area contributed by atoms with Crippen molar-refractivity contribution in [1.29, 1.82) is 0 Å². The van der Waals surface area contributed by atoms with E-state index in [1.807, 2.05) is 13.0 Å². The second-order valence-electron chi connectivity index (χ2n) is 3.60. The maximum absolute atomic E-state index is 11.2. The summed E-state index contributed by atoms with van der Waals surface area (Å²) in [5, 5.41) is 8.73. The monoisotopic (exact) mass is 318 g/mol. The third-order valence-electron chi connectivity index (χ3n) is 2.43. The van der Waals surface area contributed by atoms with E-state index in [9.17, 15) is 4.79 Å². The van der Waals surface area contributed by atoms with Gasteiger partial charge in [-0.2, -0.15) is 0 Å². The third kappa shape index (κ3) is 3.28. The van der Waals surface area contributed by atoms with Gasteiger partial charge in [-0.25, -0.2) is 0 Å². The van der Waals surface area contributed by atoms with Crippen molar-refractivity contribution in [3.8, 4) is 0 Å². The van der Waals surface area contributed by atoms with Gasteiger partial charge in [-0.3, -0.25) is 4.79 Å². The molecule has 0 atom stereocenters. The molecule has 0 aromatic heterocycles. The molecule has 0 spiro atoms. The number of aliphatic hydroxyl groups excluding tert-OH is 1. The van der Waals surface area contributed by atoms with Crippen molar-refractivity contribution in [2.75, 3.05) is 6.61 Å². The molecule has 0 saturated heterocycles. The van der Waals surface area contributed by atoms with E-state index in [4.69, 9.17) is 5.11 Å². The van der Waals surface area contributed by atoms with Gasteiger partial charge in [0.05, 0.1) is 0 Å². The summed E-state index contributed by atoms with van der Waals surface area (Å²) in [4.78, 5) is 11.2. The van der Waals surface area contributed by atoms with Crippen LogP contribution in [0.25, 0.3) is 0 Å². The number of hydrogen-bond donors (Lipinski definition) is 1. The van der Waals surface area contributed by atoms with E-state index in [0.29, 0.717) is 6.42 Å². The lowest BCUT2D eigenvalue weighted by Crippen LogP contribution is -2.09. The molecule has 0 fully saturated rings. The summed E-state index contributed by atoms with van der Waals surface area (Å²) in [7, 11) is 0. The lowest BCUT2D eigenvalue weighted by atomic mass is 9.98. The predicted octanol–water partition coefficient (Wildman–Crippen LogP) is 2.27. The molecule has 0 aliphatic rings. The van der Waals surface area contributed by atoms with Crippen molar-refractivity contribution >= 4 is 28.4 Å². The van der Waals surface area contributed by atoms with Gasteiger partial charge in [-0.05, 0) is 58.7 Å². The number of aryl methyl sites for hydroxylation is 2. The number of aliphatic hydroxyl groups is 1. The first-order valence-electron chi connectivity index (χ1n) is 4.99. The molecule has 0 saturated carbocycles. The van der Waals surface area contributed by atoms with Crippen LogP contribution < -0.4 is 0 Å². The fourth-order valence-corrected chi connectivity index (χ4v) is 2.08. The number of ketones is 1. The van der Waals surface area contributed by atoms with E-state index in [0.717, 1.165) is 12.0 Å². The zero-order chi connectivity index (χ0) is 11.4. The molecule has 0 amide bonds. The molecule has 1 aromatic carbocycles. The molecule has 0 heterocycles. The topological polar surface area (TPSA) is 37.3 Å². The summed E-state index contributed by atoms with van der Waals surface area (Å²) in [6, 6.07) is 4.17. The van der Waals surface area contributed by atoms with Gasteiger partial charge in [-0.15, -0.1) is 0 Å². The number of hydrogen-bond acceptors (Lipinski definition) is 2. The highest BCUT2D eigenvalue weighted by Gasteiger charge is 2.08. The SMILES string of the molecule is CCc1cc(I)c(C)cc1CC(=O)CO. The van der Waals surface area contributed by atoms with Gasteiger partial charge in [0.15, 0.2) is 5.78 Å². The number of Topliss-reactive ketones (excluding diaryl/α,β-unsaturated/α-hetero) is 1. The summed E-state index contributed by atoms with van der Waals surface area (Å²) in [5.41, 5.74) is 3.44. The first-order valence-corrected chi connectivity index (χ1v) is 6.06. The Morgan fingerprint density at radius 2 is 2.07 bits per heavy atom. The zero-order valence-electron chi connectivity index (χ0n) is 9.01. The van der Waals surface area contributed by atoms with Gasteiger partial charge in [0.1, 0.15) is 6.61 Å². The molecule has 3 heteroatoms. The number of rotatable bonds is 4. The van der Waals surface area contributed by atoms with Crippen LogP contribution in [0.5, 0.6) is 0 Å². The van der Waals surface area contributed by atoms with Gasteiger partial charge in [0, 0.05) is 9.99 Å². The Bertz CT molecular complexity index is 372. The van der Waals surface area contributed by atoms with Crippen molar-refractivity contribution in [2.45, 2.75) is 26.7 Å². The average Bonchev–Trinajstić information content (AvgIpc) is 2.22. The maximum Gasteiger partial charge on any atom is 0.162 e. The molecule has 0 bridgehead atoms. The minimum absolute atomic E-state index is 0.120. The van der Waals surface area contributed by atoms with Crippen LogP contribution in [0.1, 0.15) is 23.6 Å². The molecule has 0 unspecified atom stereocenters. The Labute approximate surface area is 104 Å². The third-order valence-corrected chi connectivity index (χ3v) is 3.59. The van der Waals surface area contributed by atoms with Crippen LogP contribution in [0.3, 0.4) is 0 Å². The number of carbonyl (C=O) groups excluding carboxylic acids is 1. The van der Waals surface area contributed by atoms with Crippen molar-refractivity contribution in [2.24, 2.45) is 0 Å². The van der Waals surface area contributed by atoms with E-state index in [1.165, 1.54) is 14.7 Å². The molecule has 0 radical (unpaired) electrons. The fraction of sp³-hybridized carbons (Fsp3) is 0.417. The first-order chi connectivity index (χ1) is 7.08. The Morgan fingerprint density at radius 3 is 2.60 bits per heavy atom. The lowest BCUT2D eigenvalue weighted by Gasteiger charge is -2.09. The highest BCUT2D eigenvalue weighted by molar-refractivity contribution is 14.1. The van der Waals surface area contributed by atoms with Crippen molar-refractivity contribution in [3.63, 3.8) is 0 Å². The Morgan fingerprint density at radius 1 is 1.40 bits per heavy atom. The molecule has 1 N–H and O–H groups in total. The van der Waals surface area contributed by atoms with Crippen LogP contribution in [0, 0.1) is 10.5 Å². The Hall–Kier alpha value is -0.420. The summed E-state index contributed by atoms with van der Waals surface area (Å²) in [6.45, 7) is 3.75. The smallest absolute Gasteiger partial charge is 0.162 e. The van der Waals surface area contributed by atoms with E-state index >= 15 is 0 Å². The van der Waals surface area contributed by atoms with E-state index < -0.39 is 0 Å². The summed E-state index contributed by atoms with van der Waals surface area (Å²) in [6.07, 6.45) is 1.27. The summed E-state index contributed by atoms with van der Waals surface area (Å²) < 4.78 is 1.23. The average molecular weight is 318 g/mol. The Kier molecular flexibility index (Phi) is 4.73. The maximum atomic E-state index is 11.2. The molecule has 15 heavy (non-hydrogen) atoms. The zero-order valence-corrected chi connectivity index (χ0v) is 11.2. The molecular weight excluding hydrogens is 303 g/mol. The number of carbonyl (C=O) groups is 1. The summed E-state index contributed by atoms with van der Waals surface area (Å²) >= 11 is 2.30. The normalized spacial score (nSPS) is 10.4. The Balaban J connectivity index is 3.05. The number of halogens is 1. The molecule has 0 aliphatic heterocycles. The van der Waals surface area contributed by atoms with Gasteiger partial charge in [0.2, 0.25) is 0 Å². The van der Waals surface area contributed by atoms with Gasteiger partial charge >= 0.3 is 0 Å². The van der Waals surface area contributed by atoms with E-state index in [2.05, 4.69) is 35.6 Å². The molecular formula is C12H15IO2. The molecule has 1 rings (SSSR count). The second-order valence-corrected chi connectivity index (χ2v) is 4.76. The van der Waals surface area contributed by atoms with Crippen LogP contribution in [0.15, 0.2) is 12.1 Å². The van der Waals surface area contributed by atoms with E-state index in [1.54, 1.807) is 0 Å². The largest absolute Gasteiger partial charge is 0.389 e. The minimum atomic E-state index is -0.367. The quantitative estimate of drug-likeness (QED) is 0.865. The van der Waals surface area contributed by atoms with Crippen LogP contribution in [0.4, 0.5) is 0 Å². The van der Waals surface area contributed by atoms with Crippen molar-refractivity contribution < 1.29 is 9.90 Å². The van der Waals surface area contributed by atoms with Crippen LogP contribution in [-0.2, 0) is 17.6 Å². The van der Waals surface area contributed by atoms with Crippen LogP contribution >= 0.6 is 22.6 Å². The molecule has 1 aromatic rings. The molecule has 2 nitrogen and oxygen atoms in total. The molecule has 0 aliphatic carbocycles. The molecule has 82 valence electrons. The highest BCUT2D eigenvalue weighted by Crippen LogP contribution is 2.19. The second kappa shape index (κ2) is 5.61. The number of benzene rings is 1. The summed E-state index contributed by atoms with van der Waals surface area (Å²) in [5.74, 6) is -0.120. The minimum Gasteiger partial charge on any atom is -0.389 e. The fourth-order valence-electron chi connectivity index (χ4n) is 1.54. The lowest BCUT2D eigenvalue weighted by molar-refractivity contribution is -0.121. The van der Waals surface area contributed by atoms with Crippen LogP contribution in [-0.4, -0.2) is 17.5 Å². The standard InChI is InChI=1S/C12H15IO2/c1-3-9-6-12(13)8(2)4-10(9)5-11(15)7-14/h4,6,14H,3,5,7H2,1-2H3. The highest BCUT2D eigenvalue weighted by atomic mass is 127. The van der Waals surface area contributed by atoms with Gasteiger partial charge in [-0.1, -0.05) is 13.0 Å². The van der Waals surface area contributed by atoms with Crippen LogP contribution in [0.2, 0.25) is 0 Å². The van der Waals surface area contributed by atoms with Crippen molar-refractivity contribution in [3.05, 3.63) is 32.4 Å². The van der Waals surface area contributed by atoms with Gasteiger partial charge in [0.25, 0.3) is 0 Å². The van der Waals surface area contributed by atoms with Gasteiger partial charge < -0.3 is 5.11 Å². The first kappa shape index (κ1) is 12.6.